The predicted octanol–water partition coefficient (Wildman–Crippen LogP) is -2.52. The maximum atomic E-state index is 12.8. The molecule has 1 aliphatic rings. The Balaban J connectivity index is 1.42. The Morgan fingerprint density at radius 3 is 2.23 bits per heavy atom. The van der Waals surface area contributed by atoms with Gasteiger partial charge in [-0.3, -0.25) is 34.6 Å². The molecule has 44 heavy (non-hydrogen) atoms. The van der Waals surface area contributed by atoms with Crippen LogP contribution >= 0.6 is 11.3 Å². The van der Waals surface area contributed by atoms with E-state index in [4.69, 9.17) is 15.1 Å². The number of hydrazine groups is 1. The van der Waals surface area contributed by atoms with Crippen LogP contribution in [0.15, 0.2) is 22.7 Å². The number of nitrogen functional groups attached to an aromatic ring is 1. The lowest BCUT2D eigenvalue weighted by Crippen LogP contribution is -2.71. The Hall–Kier alpha value is -5.68. The van der Waals surface area contributed by atoms with Gasteiger partial charge in [-0.25, -0.2) is 24.1 Å². The van der Waals surface area contributed by atoms with E-state index in [1.807, 2.05) is 10.9 Å². The Kier molecular flexibility index (Phi) is 8.45. The Morgan fingerprint density at radius 2 is 1.70 bits per heavy atom. The van der Waals surface area contributed by atoms with E-state index in [1.54, 1.807) is 0 Å². The van der Waals surface area contributed by atoms with E-state index in [0.717, 1.165) is 23.5 Å². The van der Waals surface area contributed by atoms with Crippen molar-refractivity contribution in [2.24, 2.45) is 5.16 Å². The third kappa shape index (κ3) is 6.37. The maximum absolute atomic E-state index is 12.8. The molecular weight excluding hydrogens is 634 g/mol. The number of aromatic nitrogens is 3. The average Bonchev–Trinajstić information content (AvgIpc) is 3.37. The number of thiazole rings is 1. The molecule has 1 saturated heterocycles. The second kappa shape index (κ2) is 11.9. The number of rotatable bonds is 9. The number of fused-ring (bicyclic) bond motifs is 1. The summed E-state index contributed by atoms with van der Waals surface area (Å²) in [5, 5.41) is 35.7. The number of nitrogens with zero attached hydrogens (tertiary/aromatic N) is 5. The fourth-order valence-electron chi connectivity index (χ4n) is 3.68. The van der Waals surface area contributed by atoms with E-state index in [2.05, 4.69) is 25.4 Å². The molecule has 0 spiro atoms. The summed E-state index contributed by atoms with van der Waals surface area (Å²) < 4.78 is 31.9. The highest BCUT2D eigenvalue weighted by Gasteiger charge is 2.51. The number of oxime groups is 1. The van der Waals surface area contributed by atoms with Gasteiger partial charge in [0.2, 0.25) is 0 Å². The van der Waals surface area contributed by atoms with E-state index in [-0.39, 0.29) is 26.2 Å². The average molecular weight is 654 g/mol. The van der Waals surface area contributed by atoms with Gasteiger partial charge in [0.15, 0.2) is 40.3 Å². The Bertz CT molecular complexity index is 1860. The zero-order valence-electron chi connectivity index (χ0n) is 21.8. The van der Waals surface area contributed by atoms with Crippen LogP contribution in [0.5, 0.6) is 11.5 Å². The number of nitrogens with one attached hydrogen (secondary N) is 3. The zero-order valence-corrected chi connectivity index (χ0v) is 23.4. The molecular formula is C21H19N9O12S2. The first kappa shape index (κ1) is 31.3. The summed E-state index contributed by atoms with van der Waals surface area (Å²) in [7, 11) is -4.85. The van der Waals surface area contributed by atoms with Gasteiger partial charge in [-0.15, -0.1) is 11.3 Å². The summed E-state index contributed by atoms with van der Waals surface area (Å²) in [6.45, 7) is 0.304. The van der Waals surface area contributed by atoms with Crippen LogP contribution in [0.2, 0.25) is 0 Å². The monoisotopic (exact) mass is 653 g/mol. The zero-order chi connectivity index (χ0) is 32.5. The SMILES string of the molecule is C[C@@H]1[C@H](NC(=O)/C(=N\OCC(=O)NNC(=O)c2nc3cc(O)c(O)cc3nc2C(=O)O)c2csc(N)n2)C(=O)N1S(=O)(=O)O. The summed E-state index contributed by atoms with van der Waals surface area (Å²) in [6.07, 6.45) is 0. The molecule has 0 saturated carbocycles. The number of aromatic carboxylic acids is 1. The van der Waals surface area contributed by atoms with Gasteiger partial charge >= 0.3 is 16.3 Å². The number of amides is 4. The molecule has 1 aromatic carbocycles. The van der Waals surface area contributed by atoms with Crippen LogP contribution in [-0.2, 0) is 29.5 Å². The number of benzene rings is 1. The topological polar surface area (TPSA) is 326 Å². The molecule has 4 rings (SSSR count). The molecule has 3 aromatic rings. The first-order valence-electron chi connectivity index (χ1n) is 11.7. The lowest BCUT2D eigenvalue weighted by Gasteiger charge is -2.42. The van der Waals surface area contributed by atoms with Crippen LogP contribution in [0.1, 0.15) is 33.6 Å². The van der Waals surface area contributed by atoms with Crippen LogP contribution < -0.4 is 21.9 Å². The highest BCUT2D eigenvalue weighted by Crippen LogP contribution is 2.29. The number of carbonyl (C=O) groups is 5. The number of hydrogen-bond acceptors (Lipinski definition) is 16. The normalized spacial score (nSPS) is 16.6. The van der Waals surface area contributed by atoms with Crippen molar-refractivity contribution in [3.8, 4) is 11.5 Å². The number of carboxylic acid groups (broad SMARTS) is 1. The van der Waals surface area contributed by atoms with Crippen molar-refractivity contribution in [3.05, 3.63) is 34.6 Å². The maximum Gasteiger partial charge on any atom is 0.362 e. The molecule has 0 unspecified atom stereocenters. The van der Waals surface area contributed by atoms with Crippen molar-refractivity contribution in [2.45, 2.75) is 19.0 Å². The minimum atomic E-state index is -4.85. The van der Waals surface area contributed by atoms with Gasteiger partial charge in [-0.1, -0.05) is 5.16 Å². The fraction of sp³-hybridized carbons (Fsp3) is 0.190. The molecule has 1 fully saturated rings. The van der Waals surface area contributed by atoms with E-state index in [1.165, 1.54) is 12.3 Å². The number of carbonyl (C=O) groups excluding carboxylic acids is 4. The number of aromatic hydroxyl groups is 2. The summed E-state index contributed by atoms with van der Waals surface area (Å²) >= 11 is 0.905. The number of carboxylic acids is 1. The summed E-state index contributed by atoms with van der Waals surface area (Å²) in [6, 6.07) is -0.656. The number of β-lactam (4-membered cyclic amide) rings is 1. The molecule has 21 nitrogen and oxygen atoms in total. The first-order chi connectivity index (χ1) is 20.6. The highest BCUT2D eigenvalue weighted by molar-refractivity contribution is 7.84. The predicted molar refractivity (Wildman–Crippen MR) is 144 cm³/mol. The van der Waals surface area contributed by atoms with Gasteiger partial charge in [-0.05, 0) is 6.92 Å². The minimum Gasteiger partial charge on any atom is -0.504 e. The van der Waals surface area contributed by atoms with Crippen LogP contribution in [0.3, 0.4) is 0 Å². The van der Waals surface area contributed by atoms with Crippen molar-refractivity contribution >= 4 is 73.1 Å². The number of nitrogens with two attached hydrogens (primary N) is 1. The van der Waals surface area contributed by atoms with Crippen LogP contribution in [0.4, 0.5) is 5.13 Å². The van der Waals surface area contributed by atoms with E-state index >= 15 is 0 Å². The standard InChI is InChI=1S/C21H19N9O12S2/c1-6-13(19(36)30(6)44(39,40)41)26-17(34)14(9-5-43-21(22)25-9)29-42-4-12(33)27-28-18(35)15-16(20(37)38)24-8-3-11(32)10(31)2-7(8)23-15/h2-3,5-6,13,31-32H,4H2,1H3,(H2,22,25)(H,26,34)(H,27,33)(H,28,35)(H,37,38)(H,39,40,41)/b29-14-/t6-,13+/m1/s1. The first-order valence-corrected chi connectivity index (χ1v) is 13.9. The number of anilines is 1. The van der Waals surface area contributed by atoms with Gasteiger partial charge in [-0.2, -0.15) is 8.42 Å². The molecule has 2 aromatic heterocycles. The molecule has 4 amide bonds. The van der Waals surface area contributed by atoms with Gasteiger partial charge in [0.1, 0.15) is 11.7 Å². The molecule has 0 bridgehead atoms. The smallest absolute Gasteiger partial charge is 0.362 e. The van der Waals surface area contributed by atoms with Crippen molar-refractivity contribution in [3.63, 3.8) is 0 Å². The summed E-state index contributed by atoms with van der Waals surface area (Å²) in [5.41, 5.74) is 6.73. The van der Waals surface area contributed by atoms with Crippen molar-refractivity contribution in [1.82, 2.24) is 35.4 Å². The van der Waals surface area contributed by atoms with E-state index < -0.39 is 87.2 Å². The fourth-order valence-corrected chi connectivity index (χ4v) is 5.11. The number of hydrogen-bond donors (Lipinski definition) is 8. The van der Waals surface area contributed by atoms with E-state index in [0.29, 0.717) is 0 Å². The largest absolute Gasteiger partial charge is 0.504 e. The van der Waals surface area contributed by atoms with Crippen LogP contribution in [-0.4, -0.2) is 102 Å². The lowest BCUT2D eigenvalue weighted by molar-refractivity contribution is -0.143. The van der Waals surface area contributed by atoms with Gasteiger partial charge in [0, 0.05) is 17.5 Å². The summed E-state index contributed by atoms with van der Waals surface area (Å²) in [5.74, 6) is -7.41. The molecule has 0 aliphatic carbocycles. The molecule has 9 N–H and O–H groups in total. The minimum absolute atomic E-state index is 0.0103. The Labute approximate surface area is 248 Å². The lowest BCUT2D eigenvalue weighted by atomic mass is 10.0. The highest BCUT2D eigenvalue weighted by atomic mass is 32.2. The number of phenolic OH excluding ortho intramolecular Hbond substituents is 2. The molecule has 23 heteroatoms. The molecule has 1 aliphatic heterocycles. The van der Waals surface area contributed by atoms with Crippen molar-refractivity contribution in [1.29, 1.82) is 0 Å². The Morgan fingerprint density at radius 1 is 1.09 bits per heavy atom. The van der Waals surface area contributed by atoms with Gasteiger partial charge in [0.05, 0.1) is 17.1 Å². The van der Waals surface area contributed by atoms with E-state index in [9.17, 15) is 47.7 Å². The third-order valence-electron chi connectivity index (χ3n) is 5.70. The molecule has 0 radical (unpaired) electrons. The molecule has 232 valence electrons. The van der Waals surface area contributed by atoms with Gasteiger partial charge in [0.25, 0.3) is 23.6 Å². The second-order valence-electron chi connectivity index (χ2n) is 8.65. The van der Waals surface area contributed by atoms with Crippen LogP contribution in [0.25, 0.3) is 11.0 Å². The van der Waals surface area contributed by atoms with Crippen molar-refractivity contribution < 1.29 is 57.1 Å². The second-order valence-corrected chi connectivity index (χ2v) is 10.8. The van der Waals surface area contributed by atoms with Crippen LogP contribution in [0, 0.1) is 0 Å². The summed E-state index contributed by atoms with van der Waals surface area (Å²) in [4.78, 5) is 77.7. The number of phenols is 2. The van der Waals surface area contributed by atoms with Crippen molar-refractivity contribution in [2.75, 3.05) is 12.3 Å². The molecule has 2 atom stereocenters. The quantitative estimate of drug-likeness (QED) is 0.0388. The molecule has 3 heterocycles. The van der Waals surface area contributed by atoms with Gasteiger partial charge < -0.3 is 31.2 Å². The third-order valence-corrected chi connectivity index (χ3v) is 7.38.